The lowest BCUT2D eigenvalue weighted by atomic mass is 10.1. The van der Waals surface area contributed by atoms with Crippen LogP contribution >= 0.6 is 22.9 Å². The Labute approximate surface area is 149 Å². The van der Waals surface area contributed by atoms with E-state index in [1.165, 1.54) is 28.1 Å². The van der Waals surface area contributed by atoms with E-state index < -0.39 is 11.7 Å². The number of nitrogens with zero attached hydrogens (tertiary/aromatic N) is 4. The van der Waals surface area contributed by atoms with Crippen LogP contribution in [0, 0.1) is 0 Å². The van der Waals surface area contributed by atoms with Crippen LogP contribution < -0.4 is 4.90 Å². The molecule has 3 aromatic rings. The zero-order valence-electron chi connectivity index (χ0n) is 12.8. The van der Waals surface area contributed by atoms with Crippen LogP contribution in [-0.4, -0.2) is 40.7 Å². The van der Waals surface area contributed by atoms with Crippen molar-refractivity contribution in [3.05, 3.63) is 34.6 Å². The average molecular weight is 389 g/mol. The summed E-state index contributed by atoms with van der Waals surface area (Å²) < 4.78 is 46.7. The summed E-state index contributed by atoms with van der Waals surface area (Å²) >= 11 is 7.37. The second-order valence-corrected chi connectivity index (χ2v) is 6.75. The van der Waals surface area contributed by atoms with E-state index in [1.54, 1.807) is 5.38 Å². The molecule has 4 rings (SSSR count). The number of hydrogen-bond acceptors (Lipinski definition) is 5. The van der Waals surface area contributed by atoms with Gasteiger partial charge in [0.05, 0.1) is 30.7 Å². The molecule has 3 aromatic heterocycles. The molecule has 1 aliphatic heterocycles. The number of imidazole rings is 1. The zero-order chi connectivity index (χ0) is 17.6. The first kappa shape index (κ1) is 16.6. The highest BCUT2D eigenvalue weighted by atomic mass is 35.5. The monoisotopic (exact) mass is 388 g/mol. The molecule has 0 aromatic carbocycles. The SMILES string of the molecule is FC(F)(F)c1cc(-c2csc(N3CCOCC3)n2)cn2c(Cl)cnc12. The van der Waals surface area contributed by atoms with Gasteiger partial charge in [0.2, 0.25) is 0 Å². The van der Waals surface area contributed by atoms with E-state index in [0.717, 1.165) is 11.2 Å². The van der Waals surface area contributed by atoms with E-state index in [4.69, 9.17) is 16.3 Å². The van der Waals surface area contributed by atoms with Crippen molar-refractivity contribution in [3.63, 3.8) is 0 Å². The van der Waals surface area contributed by atoms with Crippen LogP contribution in [0.2, 0.25) is 5.15 Å². The van der Waals surface area contributed by atoms with E-state index in [0.29, 0.717) is 37.6 Å². The van der Waals surface area contributed by atoms with Crippen molar-refractivity contribution in [1.29, 1.82) is 0 Å². The van der Waals surface area contributed by atoms with Crippen molar-refractivity contribution in [2.24, 2.45) is 0 Å². The van der Waals surface area contributed by atoms with Crippen molar-refractivity contribution in [2.75, 3.05) is 31.2 Å². The number of aromatic nitrogens is 3. The minimum absolute atomic E-state index is 0.117. The molecule has 1 fully saturated rings. The molecule has 0 atom stereocenters. The Morgan fingerprint density at radius 2 is 2.00 bits per heavy atom. The van der Waals surface area contributed by atoms with Crippen LogP contribution in [-0.2, 0) is 10.9 Å². The fraction of sp³-hybridized carbons (Fsp3) is 0.333. The van der Waals surface area contributed by atoms with Gasteiger partial charge >= 0.3 is 6.18 Å². The van der Waals surface area contributed by atoms with Crippen molar-refractivity contribution < 1.29 is 17.9 Å². The molecule has 10 heteroatoms. The second kappa shape index (κ2) is 6.15. The Morgan fingerprint density at radius 3 is 2.72 bits per heavy atom. The van der Waals surface area contributed by atoms with Crippen LogP contribution in [0.1, 0.15) is 5.56 Å². The Hall–Kier alpha value is -1.84. The normalized spacial score (nSPS) is 15.9. The number of thiazole rings is 1. The lowest BCUT2D eigenvalue weighted by Gasteiger charge is -2.26. The minimum atomic E-state index is -4.53. The van der Waals surface area contributed by atoms with Gasteiger partial charge in [-0.25, -0.2) is 9.97 Å². The first-order valence-corrected chi connectivity index (χ1v) is 8.71. The number of ether oxygens (including phenoxy) is 1. The number of fused-ring (bicyclic) bond motifs is 1. The molecule has 132 valence electrons. The molecule has 1 saturated heterocycles. The first-order chi connectivity index (χ1) is 11.9. The predicted molar refractivity (Wildman–Crippen MR) is 89.3 cm³/mol. The lowest BCUT2D eigenvalue weighted by Crippen LogP contribution is -2.36. The van der Waals surface area contributed by atoms with Gasteiger partial charge in [0.1, 0.15) is 10.8 Å². The third kappa shape index (κ3) is 3.07. The van der Waals surface area contributed by atoms with E-state index in [9.17, 15) is 13.2 Å². The number of halogens is 4. The third-order valence-corrected chi connectivity index (χ3v) is 5.12. The number of pyridine rings is 1. The molecular formula is C15H12ClF3N4OS. The first-order valence-electron chi connectivity index (χ1n) is 7.46. The maximum absolute atomic E-state index is 13.4. The van der Waals surface area contributed by atoms with Crippen LogP contribution in [0.3, 0.4) is 0 Å². The predicted octanol–water partition coefficient (Wildman–Crippen LogP) is 3.97. The van der Waals surface area contributed by atoms with Crippen LogP contribution in [0.15, 0.2) is 23.8 Å². The summed E-state index contributed by atoms with van der Waals surface area (Å²) in [6.45, 7) is 2.66. The van der Waals surface area contributed by atoms with Crippen LogP contribution in [0.25, 0.3) is 16.9 Å². The van der Waals surface area contributed by atoms with Crippen LogP contribution in [0.4, 0.5) is 18.3 Å². The van der Waals surface area contributed by atoms with Gasteiger partial charge in [0, 0.05) is 30.2 Å². The van der Waals surface area contributed by atoms with E-state index in [-0.39, 0.29) is 10.8 Å². The second-order valence-electron chi connectivity index (χ2n) is 5.53. The Balaban J connectivity index is 1.79. The number of morpholine rings is 1. The van der Waals surface area contributed by atoms with Gasteiger partial charge in [-0.1, -0.05) is 11.6 Å². The smallest absolute Gasteiger partial charge is 0.378 e. The van der Waals surface area contributed by atoms with Gasteiger partial charge in [-0.2, -0.15) is 13.2 Å². The number of rotatable bonds is 2. The van der Waals surface area contributed by atoms with Gasteiger partial charge in [0.15, 0.2) is 5.13 Å². The fourth-order valence-electron chi connectivity index (χ4n) is 2.70. The van der Waals surface area contributed by atoms with E-state index >= 15 is 0 Å². The zero-order valence-corrected chi connectivity index (χ0v) is 14.3. The van der Waals surface area contributed by atoms with Crippen molar-refractivity contribution in [1.82, 2.24) is 14.4 Å². The van der Waals surface area contributed by atoms with Crippen molar-refractivity contribution >= 4 is 33.7 Å². The van der Waals surface area contributed by atoms with Crippen molar-refractivity contribution in [3.8, 4) is 11.3 Å². The summed E-state index contributed by atoms with van der Waals surface area (Å²) in [5, 5.41) is 2.63. The summed E-state index contributed by atoms with van der Waals surface area (Å²) in [6.07, 6.45) is -1.80. The largest absolute Gasteiger partial charge is 0.420 e. The molecule has 0 bridgehead atoms. The molecule has 0 aliphatic carbocycles. The Bertz CT molecular complexity index is 917. The van der Waals surface area contributed by atoms with Crippen molar-refractivity contribution in [2.45, 2.75) is 6.18 Å². The lowest BCUT2D eigenvalue weighted by molar-refractivity contribution is -0.136. The molecule has 0 unspecified atom stereocenters. The molecule has 0 saturated carbocycles. The number of anilines is 1. The fourth-order valence-corrected chi connectivity index (χ4v) is 3.77. The van der Waals surface area contributed by atoms with Gasteiger partial charge < -0.3 is 9.64 Å². The van der Waals surface area contributed by atoms with Gasteiger partial charge in [0.25, 0.3) is 0 Å². The summed E-state index contributed by atoms with van der Waals surface area (Å²) in [5.41, 5.74) is -0.234. The highest BCUT2D eigenvalue weighted by Gasteiger charge is 2.35. The average Bonchev–Trinajstić information content (AvgIpc) is 3.22. The molecule has 5 nitrogen and oxygen atoms in total. The van der Waals surface area contributed by atoms with E-state index in [1.807, 2.05) is 0 Å². The summed E-state index contributed by atoms with van der Waals surface area (Å²) in [4.78, 5) is 10.3. The molecule has 0 spiro atoms. The Morgan fingerprint density at radius 1 is 1.24 bits per heavy atom. The van der Waals surface area contributed by atoms with Gasteiger partial charge in [-0.15, -0.1) is 11.3 Å². The topological polar surface area (TPSA) is 42.7 Å². The molecular weight excluding hydrogens is 377 g/mol. The maximum Gasteiger partial charge on any atom is 0.420 e. The van der Waals surface area contributed by atoms with E-state index in [2.05, 4.69) is 14.9 Å². The molecule has 0 radical (unpaired) electrons. The summed E-state index contributed by atoms with van der Waals surface area (Å²) in [6, 6.07) is 1.07. The highest BCUT2D eigenvalue weighted by Crippen LogP contribution is 2.37. The van der Waals surface area contributed by atoms with Gasteiger partial charge in [-0.05, 0) is 6.07 Å². The molecule has 0 N–H and O–H groups in total. The van der Waals surface area contributed by atoms with Gasteiger partial charge in [-0.3, -0.25) is 4.40 Å². The standard InChI is InChI=1S/C15H12ClF3N4OS/c16-12-6-20-13-10(15(17,18)19)5-9(7-23(12)13)11-8-25-14(21-11)22-1-3-24-4-2-22/h5-8H,1-4H2. The number of alkyl halides is 3. The number of hydrogen-bond donors (Lipinski definition) is 0. The minimum Gasteiger partial charge on any atom is -0.378 e. The Kier molecular flexibility index (Phi) is 4.09. The quantitative estimate of drug-likeness (QED) is 0.666. The molecule has 25 heavy (non-hydrogen) atoms. The summed E-state index contributed by atoms with van der Waals surface area (Å²) in [7, 11) is 0. The summed E-state index contributed by atoms with van der Waals surface area (Å²) in [5.74, 6) is 0. The highest BCUT2D eigenvalue weighted by molar-refractivity contribution is 7.14. The third-order valence-electron chi connectivity index (χ3n) is 3.94. The molecule has 4 heterocycles. The molecule has 1 aliphatic rings. The maximum atomic E-state index is 13.4. The molecule has 0 amide bonds. The van der Waals surface area contributed by atoms with Crippen LogP contribution in [0.5, 0.6) is 0 Å².